The smallest absolute Gasteiger partial charge is 0.270 e. The summed E-state index contributed by atoms with van der Waals surface area (Å²) in [6, 6.07) is 3.71. The molecule has 1 aliphatic rings. The van der Waals surface area contributed by atoms with Crippen LogP contribution in [0.3, 0.4) is 0 Å². The van der Waals surface area contributed by atoms with E-state index in [0.29, 0.717) is 17.2 Å². The van der Waals surface area contributed by atoms with Crippen molar-refractivity contribution in [1.82, 2.24) is 15.2 Å². The summed E-state index contributed by atoms with van der Waals surface area (Å²) in [5.41, 5.74) is 5.98. The van der Waals surface area contributed by atoms with Gasteiger partial charge in [0, 0.05) is 36.3 Å². The average Bonchev–Trinajstić information content (AvgIpc) is 2.41. The zero-order chi connectivity index (χ0) is 14.5. The van der Waals surface area contributed by atoms with E-state index < -0.39 is 0 Å². The minimum atomic E-state index is -0.120. The van der Waals surface area contributed by atoms with E-state index in [0.717, 1.165) is 30.4 Å². The van der Waals surface area contributed by atoms with E-state index in [4.69, 9.17) is 18.0 Å². The topological polar surface area (TPSA) is 71.2 Å². The van der Waals surface area contributed by atoms with Crippen LogP contribution in [0.5, 0.6) is 0 Å². The predicted molar refractivity (Wildman–Crippen MR) is 85.7 cm³/mol. The fourth-order valence-electron chi connectivity index (χ4n) is 2.23. The maximum absolute atomic E-state index is 12.0. The number of hydrogen-bond donors (Lipinski definition) is 2. The third kappa shape index (κ3) is 4.50. The molecule has 1 amide bonds. The number of aromatic nitrogens is 1. The molecule has 0 unspecified atom stereocenters. The van der Waals surface area contributed by atoms with E-state index in [1.165, 1.54) is 0 Å². The molecule has 2 heterocycles. The lowest BCUT2D eigenvalue weighted by Crippen LogP contribution is -2.46. The Morgan fingerprint density at radius 3 is 2.75 bits per heavy atom. The minimum absolute atomic E-state index is 0.120. The Morgan fingerprint density at radius 2 is 2.20 bits per heavy atom. The number of thiocarbonyl (C=S) groups is 1. The van der Waals surface area contributed by atoms with Crippen molar-refractivity contribution in [2.45, 2.75) is 18.9 Å². The first kappa shape index (κ1) is 15.3. The maximum Gasteiger partial charge on any atom is 0.270 e. The number of nitrogens with two attached hydrogens (primary N) is 1. The van der Waals surface area contributed by atoms with Crippen LogP contribution in [0.15, 0.2) is 22.8 Å². The molecule has 1 aromatic rings. The van der Waals surface area contributed by atoms with E-state index in [1.807, 2.05) is 6.07 Å². The number of carbonyl (C=O) groups excluding carboxylic acids is 1. The van der Waals surface area contributed by atoms with Gasteiger partial charge in [0.2, 0.25) is 0 Å². The van der Waals surface area contributed by atoms with E-state index in [-0.39, 0.29) is 11.9 Å². The molecule has 0 saturated carbocycles. The van der Waals surface area contributed by atoms with Crippen molar-refractivity contribution in [2.24, 2.45) is 5.73 Å². The second kappa shape index (κ2) is 7.10. The SMILES string of the molecule is NC(=S)CN1CCC(NC(=O)c2ccc(Br)cn2)CC1. The molecule has 0 atom stereocenters. The third-order valence-electron chi connectivity index (χ3n) is 3.26. The largest absolute Gasteiger partial charge is 0.392 e. The number of hydrogen-bond acceptors (Lipinski definition) is 4. The summed E-state index contributed by atoms with van der Waals surface area (Å²) in [5.74, 6) is -0.120. The Kier molecular flexibility index (Phi) is 5.45. The molecule has 0 spiro atoms. The second-order valence-electron chi connectivity index (χ2n) is 4.85. The van der Waals surface area contributed by atoms with Gasteiger partial charge in [0.05, 0.1) is 4.99 Å². The minimum Gasteiger partial charge on any atom is -0.392 e. The lowest BCUT2D eigenvalue weighted by Gasteiger charge is -2.31. The van der Waals surface area contributed by atoms with Crippen LogP contribution in [-0.4, -0.2) is 46.5 Å². The fourth-order valence-corrected chi connectivity index (χ4v) is 2.64. The van der Waals surface area contributed by atoms with Crippen LogP contribution in [0.2, 0.25) is 0 Å². The molecule has 3 N–H and O–H groups in total. The summed E-state index contributed by atoms with van der Waals surface area (Å²) in [5, 5.41) is 3.02. The third-order valence-corrected chi connectivity index (χ3v) is 3.86. The molecule has 2 rings (SSSR count). The standard InChI is InChI=1S/C13H17BrN4OS/c14-9-1-2-11(16-7-9)13(19)17-10-3-5-18(6-4-10)8-12(15)20/h1-2,7,10H,3-6,8H2,(H2,15,20)(H,17,19). The number of amides is 1. The van der Waals surface area contributed by atoms with Gasteiger partial charge in [0.25, 0.3) is 5.91 Å². The number of rotatable bonds is 4. The molecule has 1 fully saturated rings. The van der Waals surface area contributed by atoms with Crippen molar-refractivity contribution in [1.29, 1.82) is 0 Å². The molecule has 0 bridgehead atoms. The molecule has 0 aliphatic carbocycles. The van der Waals surface area contributed by atoms with Gasteiger partial charge in [-0.25, -0.2) is 4.98 Å². The van der Waals surface area contributed by atoms with Crippen LogP contribution in [0, 0.1) is 0 Å². The van der Waals surface area contributed by atoms with Crippen LogP contribution in [0.25, 0.3) is 0 Å². The summed E-state index contributed by atoms with van der Waals surface area (Å²) in [7, 11) is 0. The van der Waals surface area contributed by atoms with Gasteiger partial charge in [0.15, 0.2) is 0 Å². The number of halogens is 1. The van der Waals surface area contributed by atoms with Gasteiger partial charge < -0.3 is 11.1 Å². The average molecular weight is 357 g/mol. The summed E-state index contributed by atoms with van der Waals surface area (Å²) >= 11 is 8.20. The number of piperidine rings is 1. The molecular weight excluding hydrogens is 340 g/mol. The molecule has 1 saturated heterocycles. The first-order valence-electron chi connectivity index (χ1n) is 6.47. The van der Waals surface area contributed by atoms with Crippen molar-refractivity contribution < 1.29 is 4.79 Å². The van der Waals surface area contributed by atoms with E-state index in [1.54, 1.807) is 12.3 Å². The highest BCUT2D eigenvalue weighted by atomic mass is 79.9. The van der Waals surface area contributed by atoms with E-state index >= 15 is 0 Å². The van der Waals surface area contributed by atoms with Gasteiger partial charge in [-0.05, 0) is 40.9 Å². The van der Waals surface area contributed by atoms with Gasteiger partial charge in [0.1, 0.15) is 5.69 Å². The molecular formula is C13H17BrN4OS. The first-order chi connectivity index (χ1) is 9.54. The Balaban J connectivity index is 1.82. The predicted octanol–water partition coefficient (Wildman–Crippen LogP) is 1.32. The molecule has 1 aromatic heterocycles. The number of nitrogens with zero attached hydrogens (tertiary/aromatic N) is 2. The maximum atomic E-state index is 12.0. The molecule has 1 aliphatic heterocycles. The molecule has 0 radical (unpaired) electrons. The number of nitrogens with one attached hydrogen (secondary N) is 1. The number of likely N-dealkylation sites (tertiary alicyclic amines) is 1. The molecule has 7 heteroatoms. The molecule has 5 nitrogen and oxygen atoms in total. The van der Waals surface area contributed by atoms with Crippen LogP contribution in [0.4, 0.5) is 0 Å². The van der Waals surface area contributed by atoms with Crippen molar-refractivity contribution in [2.75, 3.05) is 19.6 Å². The highest BCUT2D eigenvalue weighted by Gasteiger charge is 2.21. The lowest BCUT2D eigenvalue weighted by molar-refractivity contribution is 0.0910. The summed E-state index contributed by atoms with van der Waals surface area (Å²) in [4.78, 5) is 18.9. The highest BCUT2D eigenvalue weighted by molar-refractivity contribution is 9.10. The Bertz CT molecular complexity index is 486. The van der Waals surface area contributed by atoms with Gasteiger partial charge in [-0.2, -0.15) is 0 Å². The lowest BCUT2D eigenvalue weighted by atomic mass is 10.0. The van der Waals surface area contributed by atoms with Crippen molar-refractivity contribution in [3.05, 3.63) is 28.5 Å². The molecule has 108 valence electrons. The van der Waals surface area contributed by atoms with E-state index in [2.05, 4.69) is 31.1 Å². The first-order valence-corrected chi connectivity index (χ1v) is 7.68. The number of carbonyl (C=O) groups is 1. The second-order valence-corrected chi connectivity index (χ2v) is 6.29. The van der Waals surface area contributed by atoms with Crippen molar-refractivity contribution in [3.63, 3.8) is 0 Å². The summed E-state index contributed by atoms with van der Waals surface area (Å²) < 4.78 is 0.861. The summed E-state index contributed by atoms with van der Waals surface area (Å²) in [6.45, 7) is 2.45. The van der Waals surface area contributed by atoms with Gasteiger partial charge >= 0.3 is 0 Å². The van der Waals surface area contributed by atoms with Crippen molar-refractivity contribution in [3.8, 4) is 0 Å². The number of pyridine rings is 1. The molecule has 20 heavy (non-hydrogen) atoms. The van der Waals surface area contributed by atoms with Gasteiger partial charge in [-0.15, -0.1) is 0 Å². The Hall–Kier alpha value is -1.05. The normalized spacial score (nSPS) is 16.9. The zero-order valence-corrected chi connectivity index (χ0v) is 13.4. The quantitative estimate of drug-likeness (QED) is 0.796. The Labute approximate surface area is 132 Å². The van der Waals surface area contributed by atoms with Gasteiger partial charge in [-0.3, -0.25) is 9.69 Å². The van der Waals surface area contributed by atoms with Crippen LogP contribution >= 0.6 is 28.1 Å². The zero-order valence-electron chi connectivity index (χ0n) is 11.0. The van der Waals surface area contributed by atoms with Crippen LogP contribution in [-0.2, 0) is 0 Å². The van der Waals surface area contributed by atoms with Crippen LogP contribution in [0.1, 0.15) is 23.3 Å². The highest BCUT2D eigenvalue weighted by Crippen LogP contribution is 2.11. The van der Waals surface area contributed by atoms with Gasteiger partial charge in [-0.1, -0.05) is 12.2 Å². The van der Waals surface area contributed by atoms with Crippen LogP contribution < -0.4 is 11.1 Å². The molecule has 0 aromatic carbocycles. The fraction of sp³-hybridized carbons (Fsp3) is 0.462. The van der Waals surface area contributed by atoms with Crippen molar-refractivity contribution >= 4 is 39.0 Å². The monoisotopic (exact) mass is 356 g/mol. The van der Waals surface area contributed by atoms with E-state index in [9.17, 15) is 4.79 Å². The Morgan fingerprint density at radius 1 is 1.50 bits per heavy atom. The summed E-state index contributed by atoms with van der Waals surface area (Å²) in [6.07, 6.45) is 3.44.